The summed E-state index contributed by atoms with van der Waals surface area (Å²) in [5, 5.41) is 1.12. The van der Waals surface area contributed by atoms with Crippen molar-refractivity contribution in [3.63, 3.8) is 0 Å². The van der Waals surface area contributed by atoms with Gasteiger partial charge in [0.25, 0.3) is 0 Å². The molecule has 0 spiro atoms. The Morgan fingerprint density at radius 1 is 1.08 bits per heavy atom. The van der Waals surface area contributed by atoms with E-state index in [9.17, 15) is 4.79 Å². The lowest BCUT2D eigenvalue weighted by Crippen LogP contribution is -2.48. The van der Waals surface area contributed by atoms with Gasteiger partial charge in [-0.05, 0) is 24.3 Å². The van der Waals surface area contributed by atoms with E-state index in [-0.39, 0.29) is 5.78 Å². The van der Waals surface area contributed by atoms with Crippen LogP contribution in [0.2, 0.25) is 10.0 Å². The second-order valence-corrected chi connectivity index (χ2v) is 7.03. The molecule has 0 aliphatic carbocycles. The van der Waals surface area contributed by atoms with Crippen LogP contribution in [-0.2, 0) is 0 Å². The maximum Gasteiger partial charge on any atom is 0.234 e. The number of aromatic nitrogens is 3. The van der Waals surface area contributed by atoms with Gasteiger partial charge in [0.05, 0.1) is 22.8 Å². The number of benzene rings is 1. The van der Waals surface area contributed by atoms with E-state index < -0.39 is 0 Å². The Balaban J connectivity index is 1.39. The summed E-state index contributed by atoms with van der Waals surface area (Å²) in [6.45, 7) is 3.65. The van der Waals surface area contributed by atoms with Crippen molar-refractivity contribution < 1.29 is 4.79 Å². The van der Waals surface area contributed by atoms with E-state index in [0.29, 0.717) is 28.1 Å². The number of ketones is 1. The second kappa shape index (κ2) is 7.23. The zero-order valence-corrected chi connectivity index (χ0v) is 15.5. The van der Waals surface area contributed by atoms with E-state index in [0.717, 1.165) is 31.9 Å². The number of carbonyl (C=O) groups excluding carboxylic acids is 1. The highest BCUT2D eigenvalue weighted by molar-refractivity contribution is 6.42. The molecule has 0 unspecified atom stereocenters. The number of halogens is 2. The minimum atomic E-state index is 0.0495. The van der Waals surface area contributed by atoms with Gasteiger partial charge in [-0.3, -0.25) is 14.1 Å². The molecule has 0 amide bonds. The molecule has 0 N–H and O–H groups in total. The molecular formula is C18H17Cl2N5O. The molecule has 0 bridgehead atoms. The van der Waals surface area contributed by atoms with Crippen molar-refractivity contribution in [1.82, 2.24) is 19.3 Å². The summed E-state index contributed by atoms with van der Waals surface area (Å²) in [6.07, 6.45) is 5.07. The molecule has 8 heteroatoms. The molecule has 134 valence electrons. The average molecular weight is 390 g/mol. The molecule has 6 nitrogen and oxygen atoms in total. The molecule has 3 heterocycles. The minimum Gasteiger partial charge on any atom is -0.369 e. The maximum absolute atomic E-state index is 12.6. The summed E-state index contributed by atoms with van der Waals surface area (Å²) >= 11 is 12.1. The van der Waals surface area contributed by atoms with Gasteiger partial charge in [-0.2, -0.15) is 0 Å². The van der Waals surface area contributed by atoms with Gasteiger partial charge in [-0.25, -0.2) is 9.97 Å². The third-order valence-corrected chi connectivity index (χ3v) is 5.32. The topological polar surface area (TPSA) is 53.7 Å². The summed E-state index contributed by atoms with van der Waals surface area (Å²) in [5.41, 5.74) is 1.62. The first kappa shape index (κ1) is 17.3. The molecule has 1 aliphatic rings. The number of nitrogens with zero attached hydrogens (tertiary/aromatic N) is 5. The van der Waals surface area contributed by atoms with E-state index in [1.54, 1.807) is 22.9 Å². The van der Waals surface area contributed by atoms with Crippen LogP contribution >= 0.6 is 23.2 Å². The smallest absolute Gasteiger partial charge is 0.234 e. The minimum absolute atomic E-state index is 0.0495. The normalized spacial score (nSPS) is 15.5. The van der Waals surface area contributed by atoms with Crippen LogP contribution in [-0.4, -0.2) is 57.8 Å². The lowest BCUT2D eigenvalue weighted by molar-refractivity contribution is 0.0920. The fourth-order valence-corrected chi connectivity index (χ4v) is 3.46. The van der Waals surface area contributed by atoms with Gasteiger partial charge in [0.15, 0.2) is 5.78 Å². The predicted octanol–water partition coefficient (Wildman–Crippen LogP) is 3.04. The molecule has 0 radical (unpaired) electrons. The number of carbonyl (C=O) groups is 1. The number of rotatable bonds is 4. The maximum atomic E-state index is 12.6. The number of piperazine rings is 1. The highest BCUT2D eigenvalue weighted by Gasteiger charge is 2.21. The van der Waals surface area contributed by atoms with Gasteiger partial charge in [-0.1, -0.05) is 23.2 Å². The van der Waals surface area contributed by atoms with Gasteiger partial charge < -0.3 is 4.90 Å². The first-order chi connectivity index (χ1) is 12.6. The number of anilines is 1. The Morgan fingerprint density at radius 3 is 2.65 bits per heavy atom. The van der Waals surface area contributed by atoms with Crippen LogP contribution in [0.5, 0.6) is 0 Å². The van der Waals surface area contributed by atoms with E-state index in [4.69, 9.17) is 23.2 Å². The molecule has 0 saturated carbocycles. The second-order valence-electron chi connectivity index (χ2n) is 6.22. The van der Waals surface area contributed by atoms with Crippen molar-refractivity contribution in [3.05, 3.63) is 58.6 Å². The van der Waals surface area contributed by atoms with E-state index in [1.807, 2.05) is 24.4 Å². The lowest BCUT2D eigenvalue weighted by Gasteiger charge is -2.35. The summed E-state index contributed by atoms with van der Waals surface area (Å²) in [5.74, 6) is 0.591. The first-order valence-corrected chi connectivity index (χ1v) is 9.11. The largest absolute Gasteiger partial charge is 0.369 e. The number of imidazole rings is 1. The number of fused-ring (bicyclic) bond motifs is 1. The molecule has 0 atom stereocenters. The Kier molecular flexibility index (Phi) is 4.80. The van der Waals surface area contributed by atoms with Crippen molar-refractivity contribution in [2.75, 3.05) is 37.6 Å². The van der Waals surface area contributed by atoms with Crippen LogP contribution in [0.1, 0.15) is 10.5 Å². The molecular weight excluding hydrogens is 373 g/mol. The van der Waals surface area contributed by atoms with Gasteiger partial charge in [0, 0.05) is 44.3 Å². The molecule has 3 aromatic rings. The van der Waals surface area contributed by atoms with Crippen LogP contribution in [0.15, 0.2) is 42.9 Å². The van der Waals surface area contributed by atoms with Crippen molar-refractivity contribution in [2.24, 2.45) is 0 Å². The molecule has 1 aliphatic heterocycles. The third kappa shape index (κ3) is 3.40. The summed E-state index contributed by atoms with van der Waals surface area (Å²) in [6, 6.07) is 7.46. The Hall–Kier alpha value is -2.15. The van der Waals surface area contributed by atoms with Crippen molar-refractivity contribution >= 4 is 40.5 Å². The van der Waals surface area contributed by atoms with Crippen molar-refractivity contribution in [2.45, 2.75) is 0 Å². The quantitative estimate of drug-likeness (QED) is 0.641. The standard InChI is InChI=1S/C18H17Cl2N5O/c19-14-3-2-13(10-15(14)20)24-8-6-23(7-9-24)12-17(26)16-11-22-18-21-4-1-5-25(16)18/h1-5,10-11H,6-9,12H2. The van der Waals surface area contributed by atoms with Crippen molar-refractivity contribution in [3.8, 4) is 0 Å². The van der Waals surface area contributed by atoms with Gasteiger partial charge in [0.2, 0.25) is 5.78 Å². The summed E-state index contributed by atoms with van der Waals surface area (Å²) in [7, 11) is 0. The third-order valence-electron chi connectivity index (χ3n) is 4.58. The molecule has 2 aromatic heterocycles. The zero-order valence-electron chi connectivity index (χ0n) is 14.0. The van der Waals surface area contributed by atoms with Crippen LogP contribution in [0, 0.1) is 0 Å². The van der Waals surface area contributed by atoms with Gasteiger partial charge in [-0.15, -0.1) is 0 Å². The predicted molar refractivity (Wildman–Crippen MR) is 102 cm³/mol. The Labute approximate surface area is 161 Å². The lowest BCUT2D eigenvalue weighted by atomic mass is 10.2. The highest BCUT2D eigenvalue weighted by atomic mass is 35.5. The van der Waals surface area contributed by atoms with E-state index >= 15 is 0 Å². The Morgan fingerprint density at radius 2 is 1.88 bits per heavy atom. The van der Waals surface area contributed by atoms with Crippen LogP contribution < -0.4 is 4.90 Å². The average Bonchev–Trinajstić information content (AvgIpc) is 3.09. The van der Waals surface area contributed by atoms with E-state index in [1.165, 1.54) is 0 Å². The van der Waals surface area contributed by atoms with Gasteiger partial charge in [0.1, 0.15) is 5.69 Å². The number of hydrogen-bond acceptors (Lipinski definition) is 5. The van der Waals surface area contributed by atoms with Crippen LogP contribution in [0.25, 0.3) is 5.78 Å². The molecule has 1 fully saturated rings. The molecule has 1 saturated heterocycles. The summed E-state index contributed by atoms with van der Waals surface area (Å²) in [4.78, 5) is 25.4. The van der Waals surface area contributed by atoms with Crippen molar-refractivity contribution in [1.29, 1.82) is 0 Å². The monoisotopic (exact) mass is 389 g/mol. The SMILES string of the molecule is O=C(CN1CCN(c2ccc(Cl)c(Cl)c2)CC1)c1cnc2ncccn12. The molecule has 1 aromatic carbocycles. The van der Waals surface area contributed by atoms with Crippen LogP contribution in [0.3, 0.4) is 0 Å². The number of hydrogen-bond donors (Lipinski definition) is 0. The van der Waals surface area contributed by atoms with Gasteiger partial charge >= 0.3 is 0 Å². The Bertz CT molecular complexity index is 950. The first-order valence-electron chi connectivity index (χ1n) is 8.35. The summed E-state index contributed by atoms with van der Waals surface area (Å²) < 4.78 is 1.73. The zero-order chi connectivity index (χ0) is 18.1. The fraction of sp³-hybridized carbons (Fsp3) is 0.278. The highest BCUT2D eigenvalue weighted by Crippen LogP contribution is 2.27. The van der Waals surface area contributed by atoms with E-state index in [2.05, 4.69) is 19.8 Å². The fourth-order valence-electron chi connectivity index (χ4n) is 3.16. The number of Topliss-reactive ketones (excluding diaryl/α,β-unsaturated/α-hetero) is 1. The van der Waals surface area contributed by atoms with Crippen LogP contribution in [0.4, 0.5) is 5.69 Å². The molecule has 4 rings (SSSR count). The molecule has 26 heavy (non-hydrogen) atoms.